The van der Waals surface area contributed by atoms with Crippen molar-refractivity contribution in [2.24, 2.45) is 0 Å². The zero-order valence-corrected chi connectivity index (χ0v) is 35.8. The summed E-state index contributed by atoms with van der Waals surface area (Å²) in [5, 5.41) is 4.73. The molecule has 0 saturated carbocycles. The molecule has 0 amide bonds. The van der Waals surface area contributed by atoms with Crippen LogP contribution in [0.5, 0.6) is 11.5 Å². The van der Waals surface area contributed by atoms with E-state index >= 15 is 0 Å². The van der Waals surface area contributed by atoms with Crippen LogP contribution in [-0.4, -0.2) is 14.5 Å². The van der Waals surface area contributed by atoms with Crippen molar-refractivity contribution in [3.8, 4) is 95.6 Å². The lowest BCUT2D eigenvalue weighted by Crippen LogP contribution is -1.98. The van der Waals surface area contributed by atoms with E-state index in [4.69, 9.17) is 14.7 Å². The summed E-state index contributed by atoms with van der Waals surface area (Å²) in [6.45, 7) is 0. The van der Waals surface area contributed by atoms with Crippen LogP contribution < -0.4 is 4.74 Å². The van der Waals surface area contributed by atoms with E-state index in [1.165, 1.54) is 32.8 Å². The van der Waals surface area contributed by atoms with E-state index in [0.717, 1.165) is 89.5 Å². The number of nitrogens with zero attached hydrogens (tertiary/aromatic N) is 3. The Morgan fingerprint density at radius 1 is 0.318 bits per heavy atom. The molecular weight excluding hydrogens is 803 g/mol. The molecule has 66 heavy (non-hydrogen) atoms. The molecular formula is C62H39N3O. The zero-order chi connectivity index (χ0) is 43.6. The van der Waals surface area contributed by atoms with Gasteiger partial charge in [0.05, 0.1) is 22.4 Å². The standard InChI is InChI=1S/C62H39N3O/c1-4-14-40(15-5-1)46-28-31-57-52(36-46)53-37-47(44-22-10-23-45(34-44)48-30-33-59-54(38-48)51-26-12-20-42-21-13-27-60(66-59)61(42)51)29-32-58(53)65(57)50-25-11-24-49(35-50)56-39-55(41-16-6-2-7-17-41)63-62(64-56)43-18-8-3-9-19-43/h1-39H. The summed E-state index contributed by atoms with van der Waals surface area (Å²) in [6.07, 6.45) is 0. The minimum absolute atomic E-state index is 0.698. The summed E-state index contributed by atoms with van der Waals surface area (Å²) in [7, 11) is 0. The van der Waals surface area contributed by atoms with Gasteiger partial charge in [-0.05, 0) is 111 Å². The summed E-state index contributed by atoms with van der Waals surface area (Å²) < 4.78 is 8.84. The second-order valence-corrected chi connectivity index (χ2v) is 17.0. The largest absolute Gasteiger partial charge is 0.456 e. The smallest absolute Gasteiger partial charge is 0.160 e. The van der Waals surface area contributed by atoms with Crippen molar-refractivity contribution in [1.29, 1.82) is 0 Å². The van der Waals surface area contributed by atoms with Gasteiger partial charge in [0, 0.05) is 44.1 Å². The lowest BCUT2D eigenvalue weighted by Gasteiger charge is -2.22. The Morgan fingerprint density at radius 3 is 1.56 bits per heavy atom. The van der Waals surface area contributed by atoms with Crippen molar-refractivity contribution >= 4 is 32.6 Å². The summed E-state index contributed by atoms with van der Waals surface area (Å²) in [5.74, 6) is 2.49. The highest BCUT2D eigenvalue weighted by Crippen LogP contribution is 2.48. The van der Waals surface area contributed by atoms with Crippen LogP contribution in [0, 0.1) is 0 Å². The molecule has 4 heteroatoms. The minimum atomic E-state index is 0.698. The van der Waals surface area contributed by atoms with Gasteiger partial charge in [-0.15, -0.1) is 0 Å². The third-order valence-corrected chi connectivity index (χ3v) is 13.0. The number of hydrogen-bond donors (Lipinski definition) is 0. The summed E-state index contributed by atoms with van der Waals surface area (Å²) in [6, 6.07) is 84.1. The fraction of sp³-hybridized carbons (Fsp3) is 0. The van der Waals surface area contributed by atoms with Crippen LogP contribution in [0.25, 0.3) is 117 Å². The van der Waals surface area contributed by atoms with Gasteiger partial charge in [-0.25, -0.2) is 9.97 Å². The Kier molecular flexibility index (Phi) is 8.81. The molecule has 0 unspecified atom stereocenters. The molecule has 0 fully saturated rings. The van der Waals surface area contributed by atoms with Crippen LogP contribution in [0.1, 0.15) is 0 Å². The summed E-state index contributed by atoms with van der Waals surface area (Å²) >= 11 is 0. The molecule has 12 aromatic rings. The van der Waals surface area contributed by atoms with Crippen LogP contribution in [0.3, 0.4) is 0 Å². The van der Waals surface area contributed by atoms with Crippen molar-refractivity contribution in [2.45, 2.75) is 0 Å². The molecule has 2 aromatic heterocycles. The molecule has 1 aliphatic heterocycles. The van der Waals surface area contributed by atoms with Gasteiger partial charge in [0.15, 0.2) is 5.82 Å². The quantitative estimate of drug-likeness (QED) is 0.160. The monoisotopic (exact) mass is 841 g/mol. The van der Waals surface area contributed by atoms with Gasteiger partial charge in [-0.2, -0.15) is 0 Å². The molecule has 308 valence electrons. The second-order valence-electron chi connectivity index (χ2n) is 17.0. The minimum Gasteiger partial charge on any atom is -0.456 e. The first kappa shape index (κ1) is 37.7. The Balaban J connectivity index is 0.939. The van der Waals surface area contributed by atoms with Gasteiger partial charge in [-0.1, -0.05) is 170 Å². The number of ether oxygens (including phenoxy) is 1. The molecule has 0 N–H and O–H groups in total. The lowest BCUT2D eigenvalue weighted by atomic mass is 9.91. The number of fused-ring (bicyclic) bond motifs is 5. The van der Waals surface area contributed by atoms with E-state index < -0.39 is 0 Å². The number of aromatic nitrogens is 3. The van der Waals surface area contributed by atoms with E-state index in [1.54, 1.807) is 0 Å². The first-order chi connectivity index (χ1) is 32.7. The van der Waals surface area contributed by atoms with Crippen molar-refractivity contribution in [3.05, 3.63) is 237 Å². The molecule has 4 nitrogen and oxygen atoms in total. The SMILES string of the molecule is c1ccc(-c2ccc3c(c2)c2cc(-c4cccc(-c5ccc6c(c5)-c5cccc7cccc(c57)O6)c4)ccc2n3-c2cccc(-c3cc(-c4ccccc4)nc(-c4ccccc4)n3)c2)cc1. The fourth-order valence-corrected chi connectivity index (χ4v) is 9.79. The number of rotatable bonds is 7. The highest BCUT2D eigenvalue weighted by molar-refractivity contribution is 6.12. The van der Waals surface area contributed by atoms with Crippen LogP contribution in [-0.2, 0) is 0 Å². The molecule has 0 aliphatic carbocycles. The number of hydrogen-bond acceptors (Lipinski definition) is 3. The highest BCUT2D eigenvalue weighted by atomic mass is 16.5. The normalized spacial score (nSPS) is 11.8. The Labute approximate surface area is 382 Å². The van der Waals surface area contributed by atoms with Gasteiger partial charge in [-0.3, -0.25) is 0 Å². The second kappa shape index (κ2) is 15.4. The first-order valence-electron chi connectivity index (χ1n) is 22.4. The van der Waals surface area contributed by atoms with E-state index in [0.29, 0.717) is 5.82 Å². The summed E-state index contributed by atoms with van der Waals surface area (Å²) in [5.41, 5.74) is 17.4. The average molecular weight is 842 g/mol. The molecule has 0 spiro atoms. The van der Waals surface area contributed by atoms with Gasteiger partial charge < -0.3 is 9.30 Å². The van der Waals surface area contributed by atoms with Crippen LogP contribution in [0.15, 0.2) is 237 Å². The fourth-order valence-electron chi connectivity index (χ4n) is 9.79. The number of benzene rings is 10. The third-order valence-electron chi connectivity index (χ3n) is 13.0. The van der Waals surface area contributed by atoms with Crippen molar-refractivity contribution < 1.29 is 4.74 Å². The molecule has 0 saturated heterocycles. The molecule has 0 radical (unpaired) electrons. The van der Waals surface area contributed by atoms with Crippen LogP contribution in [0.2, 0.25) is 0 Å². The Bertz CT molecular complexity index is 3770. The highest BCUT2D eigenvalue weighted by Gasteiger charge is 2.21. The first-order valence-corrected chi connectivity index (χ1v) is 22.4. The molecule has 1 aliphatic rings. The van der Waals surface area contributed by atoms with E-state index in [9.17, 15) is 0 Å². The Morgan fingerprint density at radius 2 is 0.848 bits per heavy atom. The van der Waals surface area contributed by atoms with E-state index in [-0.39, 0.29) is 0 Å². The molecule has 10 aromatic carbocycles. The van der Waals surface area contributed by atoms with Gasteiger partial charge in [0.1, 0.15) is 11.5 Å². The molecule has 0 atom stereocenters. The average Bonchev–Trinajstić information content (AvgIpc) is 3.72. The maximum absolute atomic E-state index is 6.44. The van der Waals surface area contributed by atoms with E-state index in [2.05, 4.69) is 217 Å². The maximum atomic E-state index is 6.44. The zero-order valence-electron chi connectivity index (χ0n) is 35.8. The predicted molar refractivity (Wildman–Crippen MR) is 272 cm³/mol. The van der Waals surface area contributed by atoms with Gasteiger partial charge in [0.2, 0.25) is 0 Å². The molecule has 13 rings (SSSR count). The maximum Gasteiger partial charge on any atom is 0.160 e. The van der Waals surface area contributed by atoms with Crippen LogP contribution >= 0.6 is 0 Å². The van der Waals surface area contributed by atoms with Gasteiger partial charge in [0.25, 0.3) is 0 Å². The van der Waals surface area contributed by atoms with Gasteiger partial charge >= 0.3 is 0 Å². The van der Waals surface area contributed by atoms with Crippen molar-refractivity contribution in [2.75, 3.05) is 0 Å². The third kappa shape index (κ3) is 6.46. The molecule has 0 bridgehead atoms. The van der Waals surface area contributed by atoms with Crippen LogP contribution in [0.4, 0.5) is 0 Å². The van der Waals surface area contributed by atoms with E-state index in [1.807, 2.05) is 24.3 Å². The summed E-state index contributed by atoms with van der Waals surface area (Å²) in [4.78, 5) is 10.2. The van der Waals surface area contributed by atoms with Crippen molar-refractivity contribution in [1.82, 2.24) is 14.5 Å². The Hall–Kier alpha value is -8.86. The lowest BCUT2D eigenvalue weighted by molar-refractivity contribution is 0.487. The van der Waals surface area contributed by atoms with Crippen molar-refractivity contribution in [3.63, 3.8) is 0 Å². The topological polar surface area (TPSA) is 39.9 Å². The predicted octanol–water partition coefficient (Wildman–Crippen LogP) is 16.5. The molecule has 3 heterocycles.